The topological polar surface area (TPSA) is 83.4 Å². The second kappa shape index (κ2) is 8.35. The van der Waals surface area contributed by atoms with E-state index in [1.807, 2.05) is 0 Å². The fourth-order valence-corrected chi connectivity index (χ4v) is 3.81. The van der Waals surface area contributed by atoms with Gasteiger partial charge in [-0.2, -0.15) is 0 Å². The molecule has 0 spiro atoms. The molecule has 0 bridgehead atoms. The van der Waals surface area contributed by atoms with Gasteiger partial charge in [0.2, 0.25) is 0 Å². The van der Waals surface area contributed by atoms with Crippen molar-refractivity contribution < 1.29 is 27.5 Å². The van der Waals surface area contributed by atoms with Crippen LogP contribution in [0, 0.1) is 0 Å². The highest BCUT2D eigenvalue weighted by molar-refractivity contribution is 8.05. The summed E-state index contributed by atoms with van der Waals surface area (Å²) in [4.78, 5) is 5.16. The SMILES string of the molecule is COC(COc1cccc(CS(=O)(=O)C2=NOC(C)(CCl)C2)c1)OC. The molecular weight excluding hydrogens is 370 g/mol. The van der Waals surface area contributed by atoms with E-state index in [1.54, 1.807) is 31.2 Å². The lowest BCUT2D eigenvalue weighted by Crippen LogP contribution is -2.28. The average Bonchev–Trinajstić information content (AvgIpc) is 3.00. The van der Waals surface area contributed by atoms with E-state index in [-0.39, 0.29) is 29.7 Å². The van der Waals surface area contributed by atoms with Crippen LogP contribution in [0.1, 0.15) is 18.9 Å². The number of hydrogen-bond donors (Lipinski definition) is 0. The Bertz CT molecular complexity index is 719. The molecule has 1 heterocycles. The van der Waals surface area contributed by atoms with Crippen molar-refractivity contribution in [2.45, 2.75) is 31.0 Å². The van der Waals surface area contributed by atoms with Crippen LogP contribution < -0.4 is 4.74 Å². The molecule has 0 aliphatic carbocycles. The van der Waals surface area contributed by atoms with Crippen molar-refractivity contribution in [1.29, 1.82) is 0 Å². The van der Waals surface area contributed by atoms with E-state index in [0.717, 1.165) is 0 Å². The number of rotatable bonds is 8. The smallest absolute Gasteiger partial charge is 0.199 e. The van der Waals surface area contributed by atoms with E-state index in [1.165, 1.54) is 14.2 Å². The van der Waals surface area contributed by atoms with E-state index < -0.39 is 21.7 Å². The van der Waals surface area contributed by atoms with E-state index in [0.29, 0.717) is 11.3 Å². The lowest BCUT2D eigenvalue weighted by atomic mass is 10.1. The molecule has 1 atom stereocenters. The Kier molecular flexibility index (Phi) is 6.67. The summed E-state index contributed by atoms with van der Waals surface area (Å²) >= 11 is 5.80. The Morgan fingerprint density at radius 3 is 2.68 bits per heavy atom. The van der Waals surface area contributed by atoms with Gasteiger partial charge in [0, 0.05) is 20.6 Å². The molecule has 25 heavy (non-hydrogen) atoms. The Balaban J connectivity index is 2.04. The van der Waals surface area contributed by atoms with Crippen LogP contribution in [0.3, 0.4) is 0 Å². The zero-order chi connectivity index (χ0) is 18.5. The highest BCUT2D eigenvalue weighted by Gasteiger charge is 2.39. The number of ether oxygens (including phenoxy) is 3. The third-order valence-corrected chi connectivity index (χ3v) is 5.92. The molecule has 0 fully saturated rings. The molecule has 140 valence electrons. The van der Waals surface area contributed by atoms with E-state index in [2.05, 4.69) is 5.16 Å². The third kappa shape index (κ3) is 5.31. The minimum Gasteiger partial charge on any atom is -0.488 e. The molecule has 1 aromatic carbocycles. The van der Waals surface area contributed by atoms with Gasteiger partial charge in [-0.3, -0.25) is 0 Å². The van der Waals surface area contributed by atoms with Crippen LogP contribution in [-0.2, 0) is 29.9 Å². The van der Waals surface area contributed by atoms with Gasteiger partial charge in [-0.15, -0.1) is 11.6 Å². The Hall–Kier alpha value is -1.35. The molecule has 0 saturated heterocycles. The first-order valence-electron chi connectivity index (χ1n) is 7.63. The zero-order valence-electron chi connectivity index (χ0n) is 14.4. The van der Waals surface area contributed by atoms with Crippen LogP contribution in [0.2, 0.25) is 0 Å². The van der Waals surface area contributed by atoms with Crippen LogP contribution in [0.5, 0.6) is 5.75 Å². The van der Waals surface area contributed by atoms with Gasteiger partial charge in [-0.1, -0.05) is 17.3 Å². The van der Waals surface area contributed by atoms with Gasteiger partial charge >= 0.3 is 0 Å². The Labute approximate surface area is 152 Å². The molecule has 0 radical (unpaired) electrons. The summed E-state index contributed by atoms with van der Waals surface area (Å²) in [5.74, 6) is 0.504. The fourth-order valence-electron chi connectivity index (χ4n) is 2.21. The molecule has 0 saturated carbocycles. The highest BCUT2D eigenvalue weighted by Crippen LogP contribution is 2.28. The molecule has 0 N–H and O–H groups in total. The molecule has 1 aliphatic rings. The summed E-state index contributed by atoms with van der Waals surface area (Å²) in [7, 11) is -0.563. The Morgan fingerprint density at radius 2 is 2.08 bits per heavy atom. The molecule has 7 nitrogen and oxygen atoms in total. The van der Waals surface area contributed by atoms with Crippen molar-refractivity contribution >= 4 is 26.5 Å². The highest BCUT2D eigenvalue weighted by atomic mass is 35.5. The van der Waals surface area contributed by atoms with Crippen molar-refractivity contribution in [2.24, 2.45) is 5.16 Å². The number of alkyl halides is 1. The second-order valence-electron chi connectivity index (χ2n) is 5.96. The van der Waals surface area contributed by atoms with Gasteiger partial charge in [0.05, 0.1) is 11.6 Å². The summed E-state index contributed by atoms with van der Waals surface area (Å²) in [6.45, 7) is 1.92. The second-order valence-corrected chi connectivity index (χ2v) is 8.21. The zero-order valence-corrected chi connectivity index (χ0v) is 16.0. The van der Waals surface area contributed by atoms with E-state index >= 15 is 0 Å². The lowest BCUT2D eigenvalue weighted by molar-refractivity contribution is -0.121. The van der Waals surface area contributed by atoms with Crippen LogP contribution in [0.15, 0.2) is 29.4 Å². The predicted molar refractivity (Wildman–Crippen MR) is 94.6 cm³/mol. The van der Waals surface area contributed by atoms with Crippen molar-refractivity contribution in [3.05, 3.63) is 29.8 Å². The van der Waals surface area contributed by atoms with Crippen molar-refractivity contribution in [2.75, 3.05) is 26.7 Å². The largest absolute Gasteiger partial charge is 0.488 e. The first-order chi connectivity index (χ1) is 11.8. The third-order valence-electron chi connectivity index (χ3n) is 3.70. The van der Waals surface area contributed by atoms with Gasteiger partial charge in [-0.25, -0.2) is 8.42 Å². The summed E-state index contributed by atoms with van der Waals surface area (Å²) in [5.41, 5.74) is -0.185. The number of sulfone groups is 1. The first-order valence-corrected chi connectivity index (χ1v) is 9.82. The maximum atomic E-state index is 12.5. The van der Waals surface area contributed by atoms with Crippen molar-refractivity contribution in [1.82, 2.24) is 0 Å². The lowest BCUT2D eigenvalue weighted by Gasteiger charge is -2.16. The maximum absolute atomic E-state index is 12.5. The van der Waals surface area contributed by atoms with Gasteiger partial charge in [0.25, 0.3) is 0 Å². The summed E-state index contributed by atoms with van der Waals surface area (Å²) in [5, 5.41) is 3.73. The number of oxime groups is 1. The van der Waals surface area contributed by atoms with Crippen molar-refractivity contribution in [3.8, 4) is 5.75 Å². The van der Waals surface area contributed by atoms with Gasteiger partial charge in [0.1, 0.15) is 12.4 Å². The molecule has 1 aromatic rings. The van der Waals surface area contributed by atoms with Crippen LogP contribution in [0.4, 0.5) is 0 Å². The van der Waals surface area contributed by atoms with Crippen molar-refractivity contribution in [3.63, 3.8) is 0 Å². The Morgan fingerprint density at radius 1 is 1.36 bits per heavy atom. The number of nitrogens with zero attached hydrogens (tertiary/aromatic N) is 1. The predicted octanol–water partition coefficient (Wildman–Crippen LogP) is 2.33. The molecule has 9 heteroatoms. The summed E-state index contributed by atoms with van der Waals surface area (Å²) in [6, 6.07) is 6.84. The van der Waals surface area contributed by atoms with Crippen LogP contribution in [0.25, 0.3) is 0 Å². The van der Waals surface area contributed by atoms with Gasteiger partial charge in [-0.05, 0) is 24.6 Å². The monoisotopic (exact) mass is 391 g/mol. The van der Waals surface area contributed by atoms with Crippen LogP contribution in [-0.4, -0.2) is 52.1 Å². The molecule has 0 aromatic heterocycles. The minimum absolute atomic E-state index is 0.0146. The van der Waals surface area contributed by atoms with E-state index in [9.17, 15) is 8.42 Å². The molecule has 1 aliphatic heterocycles. The summed E-state index contributed by atoms with van der Waals surface area (Å²) < 4.78 is 40.7. The molecular formula is C16H22ClNO6S. The summed E-state index contributed by atoms with van der Waals surface area (Å²) in [6.07, 6.45) is -0.330. The molecule has 0 amide bonds. The average molecular weight is 392 g/mol. The number of methoxy groups -OCH3 is 2. The fraction of sp³-hybridized carbons (Fsp3) is 0.562. The van der Waals surface area contributed by atoms with E-state index in [4.69, 9.17) is 30.6 Å². The van der Waals surface area contributed by atoms with Gasteiger partial charge < -0.3 is 19.0 Å². The van der Waals surface area contributed by atoms with Crippen LogP contribution >= 0.6 is 11.6 Å². The number of benzene rings is 1. The molecule has 1 unspecified atom stereocenters. The number of halogens is 1. The quantitative estimate of drug-likeness (QED) is 0.499. The normalized spacial score (nSPS) is 20.4. The maximum Gasteiger partial charge on any atom is 0.199 e. The molecule has 2 rings (SSSR count). The number of hydrogen-bond acceptors (Lipinski definition) is 7. The standard InChI is InChI=1S/C16H22ClNO6S/c1-16(11-17)8-14(18-24-16)25(19,20)10-12-5-4-6-13(7-12)23-9-15(21-2)22-3/h4-7,15H,8-11H2,1-3H3. The van der Waals surface area contributed by atoms with Gasteiger partial charge in [0.15, 0.2) is 26.8 Å². The first kappa shape index (κ1) is 20.0. The minimum atomic E-state index is -3.59.